The lowest BCUT2D eigenvalue weighted by Gasteiger charge is -2.24. The summed E-state index contributed by atoms with van der Waals surface area (Å²) in [5, 5.41) is 3.34. The van der Waals surface area contributed by atoms with Crippen LogP contribution in [0.4, 0.5) is 8.78 Å². The van der Waals surface area contributed by atoms with E-state index in [-0.39, 0.29) is 11.3 Å². The molecule has 1 aliphatic rings. The van der Waals surface area contributed by atoms with E-state index >= 15 is 0 Å². The molecule has 0 spiro atoms. The Morgan fingerprint density at radius 2 is 2.00 bits per heavy atom. The Balaban J connectivity index is 2.27. The third-order valence-electron chi connectivity index (χ3n) is 3.78. The van der Waals surface area contributed by atoms with E-state index in [1.54, 1.807) is 13.2 Å². The highest BCUT2D eigenvalue weighted by molar-refractivity contribution is 5.47. The summed E-state index contributed by atoms with van der Waals surface area (Å²) in [5.74, 6) is 1.27. The summed E-state index contributed by atoms with van der Waals surface area (Å²) in [4.78, 5) is 0. The van der Waals surface area contributed by atoms with Crippen LogP contribution < -0.4 is 14.8 Å². The van der Waals surface area contributed by atoms with Gasteiger partial charge in [0.2, 0.25) is 0 Å². The molecule has 2 rings (SSSR count). The predicted octanol–water partition coefficient (Wildman–Crippen LogP) is 3.18. The molecular weight excluding hydrogens is 264 g/mol. The standard InChI is InChI=1S/C15H21F2NO2/c1-19-13-8-14(20-2)12(15(16)17)7-11(13)6-10-4-3-5-18-9-10/h7-8,10,15,18H,3-6,9H2,1-2H3. The van der Waals surface area contributed by atoms with Gasteiger partial charge in [0, 0.05) is 6.07 Å². The van der Waals surface area contributed by atoms with E-state index in [1.165, 1.54) is 13.2 Å². The molecule has 1 heterocycles. The molecule has 0 saturated carbocycles. The number of piperidine rings is 1. The van der Waals surface area contributed by atoms with Crippen LogP contribution in [0.1, 0.15) is 30.4 Å². The number of nitrogens with one attached hydrogen (secondary N) is 1. The van der Waals surface area contributed by atoms with Gasteiger partial charge in [-0.2, -0.15) is 0 Å². The van der Waals surface area contributed by atoms with Crippen molar-refractivity contribution in [2.24, 2.45) is 5.92 Å². The first-order valence-electron chi connectivity index (χ1n) is 6.89. The molecule has 0 bridgehead atoms. The molecule has 0 aromatic heterocycles. The predicted molar refractivity (Wildman–Crippen MR) is 73.8 cm³/mol. The van der Waals surface area contributed by atoms with Crippen LogP contribution in [0.2, 0.25) is 0 Å². The van der Waals surface area contributed by atoms with Crippen molar-refractivity contribution >= 4 is 0 Å². The Kier molecular flexibility index (Phi) is 5.17. The van der Waals surface area contributed by atoms with E-state index in [4.69, 9.17) is 9.47 Å². The second-order valence-electron chi connectivity index (χ2n) is 5.12. The first kappa shape index (κ1) is 15.0. The summed E-state index contributed by atoms with van der Waals surface area (Å²) in [6.07, 6.45) is 0.454. The zero-order valence-electron chi connectivity index (χ0n) is 11.9. The van der Waals surface area contributed by atoms with Crippen LogP contribution in [-0.2, 0) is 6.42 Å². The number of hydrogen-bond donors (Lipinski definition) is 1. The number of methoxy groups -OCH3 is 2. The van der Waals surface area contributed by atoms with Gasteiger partial charge in [-0.05, 0) is 49.9 Å². The van der Waals surface area contributed by atoms with Crippen molar-refractivity contribution < 1.29 is 18.3 Å². The molecule has 3 nitrogen and oxygen atoms in total. The fraction of sp³-hybridized carbons (Fsp3) is 0.600. The molecule has 1 aromatic carbocycles. The second-order valence-corrected chi connectivity index (χ2v) is 5.12. The monoisotopic (exact) mass is 285 g/mol. The third kappa shape index (κ3) is 3.39. The molecule has 112 valence electrons. The summed E-state index contributed by atoms with van der Waals surface area (Å²) < 4.78 is 36.5. The van der Waals surface area contributed by atoms with Gasteiger partial charge in [-0.3, -0.25) is 0 Å². The lowest BCUT2D eigenvalue weighted by Crippen LogP contribution is -2.30. The van der Waals surface area contributed by atoms with Gasteiger partial charge in [0.05, 0.1) is 19.8 Å². The molecule has 1 unspecified atom stereocenters. The topological polar surface area (TPSA) is 30.5 Å². The smallest absolute Gasteiger partial charge is 0.267 e. The van der Waals surface area contributed by atoms with Crippen LogP contribution in [0.15, 0.2) is 12.1 Å². The minimum absolute atomic E-state index is 0.0629. The molecule has 20 heavy (non-hydrogen) atoms. The molecule has 1 atom stereocenters. The van der Waals surface area contributed by atoms with Gasteiger partial charge in [-0.25, -0.2) is 8.78 Å². The Hall–Kier alpha value is -1.36. The highest BCUT2D eigenvalue weighted by Gasteiger charge is 2.21. The number of alkyl halides is 2. The van der Waals surface area contributed by atoms with Crippen molar-refractivity contribution in [3.63, 3.8) is 0 Å². The highest BCUT2D eigenvalue weighted by atomic mass is 19.3. The molecule has 5 heteroatoms. The fourth-order valence-electron chi connectivity index (χ4n) is 2.73. The zero-order valence-corrected chi connectivity index (χ0v) is 11.9. The molecule has 1 saturated heterocycles. The van der Waals surface area contributed by atoms with Gasteiger partial charge >= 0.3 is 0 Å². The van der Waals surface area contributed by atoms with E-state index < -0.39 is 6.43 Å². The normalized spacial score (nSPS) is 19.1. The number of ether oxygens (including phenoxy) is 2. The van der Waals surface area contributed by atoms with Crippen LogP contribution in [-0.4, -0.2) is 27.3 Å². The van der Waals surface area contributed by atoms with Crippen LogP contribution in [0, 0.1) is 5.92 Å². The Morgan fingerprint density at radius 3 is 2.55 bits per heavy atom. The van der Waals surface area contributed by atoms with E-state index in [1.807, 2.05) is 0 Å². The average molecular weight is 285 g/mol. The Labute approximate surface area is 118 Å². The number of rotatable bonds is 5. The van der Waals surface area contributed by atoms with Gasteiger partial charge in [0.1, 0.15) is 11.5 Å². The molecule has 0 radical (unpaired) electrons. The number of hydrogen-bond acceptors (Lipinski definition) is 3. The largest absolute Gasteiger partial charge is 0.496 e. The van der Waals surface area contributed by atoms with Crippen molar-refractivity contribution in [1.29, 1.82) is 0 Å². The number of benzene rings is 1. The second kappa shape index (κ2) is 6.88. The van der Waals surface area contributed by atoms with Crippen LogP contribution in [0.25, 0.3) is 0 Å². The van der Waals surface area contributed by atoms with Crippen molar-refractivity contribution in [3.8, 4) is 11.5 Å². The fourth-order valence-corrected chi connectivity index (χ4v) is 2.73. The van der Waals surface area contributed by atoms with E-state index in [2.05, 4.69) is 5.32 Å². The van der Waals surface area contributed by atoms with Gasteiger partial charge in [-0.1, -0.05) is 0 Å². The maximum Gasteiger partial charge on any atom is 0.267 e. The Morgan fingerprint density at radius 1 is 1.25 bits per heavy atom. The first-order valence-corrected chi connectivity index (χ1v) is 6.89. The summed E-state index contributed by atoms with van der Waals surface area (Å²) in [5.41, 5.74) is 0.768. The first-order chi connectivity index (χ1) is 9.65. The molecule has 1 fully saturated rings. The minimum Gasteiger partial charge on any atom is -0.496 e. The number of halogens is 2. The molecule has 1 aliphatic heterocycles. The van der Waals surface area contributed by atoms with Crippen molar-refractivity contribution in [2.75, 3.05) is 27.3 Å². The third-order valence-corrected chi connectivity index (χ3v) is 3.78. The molecule has 1 aromatic rings. The van der Waals surface area contributed by atoms with Gasteiger partial charge in [0.15, 0.2) is 0 Å². The summed E-state index contributed by atoms with van der Waals surface area (Å²) in [6, 6.07) is 3.09. The molecule has 0 aliphatic carbocycles. The van der Waals surface area contributed by atoms with E-state index in [0.29, 0.717) is 11.7 Å². The van der Waals surface area contributed by atoms with Crippen LogP contribution in [0.5, 0.6) is 11.5 Å². The average Bonchev–Trinajstić information content (AvgIpc) is 2.47. The lowest BCUT2D eigenvalue weighted by molar-refractivity contribution is 0.146. The highest BCUT2D eigenvalue weighted by Crippen LogP contribution is 2.36. The summed E-state index contributed by atoms with van der Waals surface area (Å²) >= 11 is 0. The molecule has 1 N–H and O–H groups in total. The molecule has 0 amide bonds. The summed E-state index contributed by atoms with van der Waals surface area (Å²) in [6.45, 7) is 1.97. The maximum absolute atomic E-state index is 13.1. The van der Waals surface area contributed by atoms with Crippen molar-refractivity contribution in [3.05, 3.63) is 23.3 Å². The molecular formula is C15H21F2NO2. The van der Waals surface area contributed by atoms with Crippen LogP contribution in [0.3, 0.4) is 0 Å². The quantitative estimate of drug-likeness (QED) is 0.901. The van der Waals surface area contributed by atoms with Gasteiger partial charge < -0.3 is 14.8 Å². The van der Waals surface area contributed by atoms with Gasteiger partial charge in [-0.15, -0.1) is 0 Å². The van der Waals surface area contributed by atoms with E-state index in [0.717, 1.165) is 37.9 Å². The zero-order chi connectivity index (χ0) is 14.5. The van der Waals surface area contributed by atoms with Gasteiger partial charge in [0.25, 0.3) is 6.43 Å². The minimum atomic E-state index is -2.54. The van der Waals surface area contributed by atoms with Crippen LogP contribution >= 0.6 is 0 Å². The van der Waals surface area contributed by atoms with Crippen molar-refractivity contribution in [1.82, 2.24) is 5.32 Å². The summed E-state index contributed by atoms with van der Waals surface area (Å²) in [7, 11) is 2.95. The Bertz CT molecular complexity index is 446. The van der Waals surface area contributed by atoms with E-state index in [9.17, 15) is 8.78 Å². The maximum atomic E-state index is 13.1. The SMILES string of the molecule is COc1cc(OC)c(C(F)F)cc1CC1CCCNC1. The lowest BCUT2D eigenvalue weighted by atomic mass is 9.91. The van der Waals surface area contributed by atoms with Crippen molar-refractivity contribution in [2.45, 2.75) is 25.7 Å².